The highest BCUT2D eigenvalue weighted by molar-refractivity contribution is 7.89. The van der Waals surface area contributed by atoms with Crippen molar-refractivity contribution < 1.29 is 8.42 Å². The molecular weight excluding hydrogens is 276 g/mol. The maximum absolute atomic E-state index is 12.5. The Balaban J connectivity index is 2.14. The highest BCUT2D eigenvalue weighted by Crippen LogP contribution is 2.35. The maximum Gasteiger partial charge on any atom is 0.244 e. The van der Waals surface area contributed by atoms with Gasteiger partial charge in [-0.15, -0.1) is 0 Å². The van der Waals surface area contributed by atoms with Crippen molar-refractivity contribution in [3.8, 4) is 0 Å². The first-order valence-corrected chi connectivity index (χ1v) is 8.50. The Morgan fingerprint density at radius 3 is 2.55 bits per heavy atom. The first-order chi connectivity index (χ1) is 9.25. The highest BCUT2D eigenvalue weighted by atomic mass is 32.2. The molecule has 1 fully saturated rings. The van der Waals surface area contributed by atoms with Gasteiger partial charge < -0.3 is 5.73 Å². The predicted molar refractivity (Wildman–Crippen MR) is 77.6 cm³/mol. The van der Waals surface area contributed by atoms with Gasteiger partial charge in [0.15, 0.2) is 0 Å². The fourth-order valence-electron chi connectivity index (χ4n) is 2.76. The van der Waals surface area contributed by atoms with Crippen LogP contribution in [0, 0.1) is 12.3 Å². The minimum atomic E-state index is -3.55. The van der Waals surface area contributed by atoms with Gasteiger partial charge in [0.1, 0.15) is 4.90 Å². The van der Waals surface area contributed by atoms with E-state index >= 15 is 0 Å². The van der Waals surface area contributed by atoms with Crippen LogP contribution >= 0.6 is 0 Å². The minimum absolute atomic E-state index is 0.00736. The molecule has 114 valence electrons. The van der Waals surface area contributed by atoms with Crippen LogP contribution in [-0.4, -0.2) is 24.7 Å². The normalized spacial score (nSPS) is 20.2. The Kier molecular flexibility index (Phi) is 4.22. The van der Waals surface area contributed by atoms with Gasteiger partial charge in [0.2, 0.25) is 10.0 Å². The first kappa shape index (κ1) is 15.5. The zero-order valence-electron chi connectivity index (χ0n) is 12.4. The topological polar surface area (TPSA) is 101 Å². The van der Waals surface area contributed by atoms with Crippen LogP contribution in [0.15, 0.2) is 4.90 Å². The summed E-state index contributed by atoms with van der Waals surface area (Å²) in [4.78, 5) is 0.213. The van der Waals surface area contributed by atoms with Crippen LogP contribution in [-0.2, 0) is 16.6 Å². The molecule has 1 aliphatic rings. The van der Waals surface area contributed by atoms with Gasteiger partial charge in [-0.05, 0) is 38.0 Å². The lowest BCUT2D eigenvalue weighted by Gasteiger charge is -2.34. The van der Waals surface area contributed by atoms with E-state index in [2.05, 4.69) is 28.8 Å². The summed E-state index contributed by atoms with van der Waals surface area (Å²) in [6.45, 7) is 6.26. The van der Waals surface area contributed by atoms with E-state index in [1.165, 1.54) is 0 Å². The Hall–Kier alpha value is -0.920. The van der Waals surface area contributed by atoms with Gasteiger partial charge in [-0.25, -0.2) is 13.1 Å². The third-order valence-corrected chi connectivity index (χ3v) is 5.81. The average molecular weight is 300 g/mol. The fraction of sp³-hybridized carbons (Fsp3) is 0.769. The van der Waals surface area contributed by atoms with E-state index in [9.17, 15) is 8.42 Å². The molecule has 0 amide bonds. The zero-order chi connectivity index (χ0) is 15.0. The van der Waals surface area contributed by atoms with Gasteiger partial charge in [-0.2, -0.15) is 5.10 Å². The van der Waals surface area contributed by atoms with E-state index in [0.29, 0.717) is 16.8 Å². The van der Waals surface area contributed by atoms with Crippen molar-refractivity contribution in [2.24, 2.45) is 11.1 Å². The number of H-pyrrole nitrogens is 1. The molecule has 0 spiro atoms. The second kappa shape index (κ2) is 5.46. The first-order valence-electron chi connectivity index (χ1n) is 7.01. The standard InChI is InChI=1S/C13H24N4O2S/c1-9-12(11(8-14)16-15-9)20(18,19)17-10-4-6-13(2,3)7-5-10/h10,17H,4-8,14H2,1-3H3,(H,15,16). The third-order valence-electron chi connectivity index (χ3n) is 4.08. The Morgan fingerprint density at radius 1 is 1.40 bits per heavy atom. The van der Waals surface area contributed by atoms with E-state index in [1.54, 1.807) is 6.92 Å². The van der Waals surface area contributed by atoms with Crippen molar-refractivity contribution in [3.05, 3.63) is 11.4 Å². The van der Waals surface area contributed by atoms with Gasteiger partial charge in [0, 0.05) is 12.6 Å². The monoisotopic (exact) mass is 300 g/mol. The molecule has 0 unspecified atom stereocenters. The lowest BCUT2D eigenvalue weighted by Crippen LogP contribution is -2.39. The number of aryl methyl sites for hydroxylation is 1. The van der Waals surface area contributed by atoms with Crippen LogP contribution in [0.3, 0.4) is 0 Å². The van der Waals surface area contributed by atoms with E-state index in [1.807, 2.05) is 0 Å². The second-order valence-electron chi connectivity index (χ2n) is 6.39. The molecule has 0 bridgehead atoms. The molecule has 1 heterocycles. The number of rotatable bonds is 4. The van der Waals surface area contributed by atoms with Crippen molar-refractivity contribution in [2.45, 2.75) is 63.9 Å². The number of nitrogens with one attached hydrogen (secondary N) is 2. The van der Waals surface area contributed by atoms with Crippen LogP contribution < -0.4 is 10.5 Å². The summed E-state index contributed by atoms with van der Waals surface area (Å²) in [5.74, 6) is 0. The number of nitrogens with two attached hydrogens (primary N) is 1. The van der Waals surface area contributed by atoms with Crippen molar-refractivity contribution in [1.29, 1.82) is 0 Å². The fourth-order valence-corrected chi connectivity index (χ4v) is 4.44. The average Bonchev–Trinajstić information content (AvgIpc) is 2.74. The Morgan fingerprint density at radius 2 is 2.00 bits per heavy atom. The summed E-state index contributed by atoms with van der Waals surface area (Å²) < 4.78 is 27.8. The number of aromatic amines is 1. The SMILES string of the molecule is Cc1[nH]nc(CN)c1S(=O)(=O)NC1CCC(C)(C)CC1. The van der Waals surface area contributed by atoms with Crippen LogP contribution in [0.25, 0.3) is 0 Å². The molecule has 2 rings (SSSR count). The van der Waals surface area contributed by atoms with Crippen molar-refractivity contribution in [3.63, 3.8) is 0 Å². The van der Waals surface area contributed by atoms with E-state index in [0.717, 1.165) is 25.7 Å². The number of sulfonamides is 1. The van der Waals surface area contributed by atoms with E-state index < -0.39 is 10.0 Å². The number of aromatic nitrogens is 2. The molecule has 20 heavy (non-hydrogen) atoms. The highest BCUT2D eigenvalue weighted by Gasteiger charge is 2.31. The Labute approximate surface area is 120 Å². The van der Waals surface area contributed by atoms with Gasteiger partial charge >= 0.3 is 0 Å². The molecule has 4 N–H and O–H groups in total. The summed E-state index contributed by atoms with van der Waals surface area (Å²) in [5, 5.41) is 6.64. The van der Waals surface area contributed by atoms with Gasteiger partial charge in [0.25, 0.3) is 0 Å². The van der Waals surface area contributed by atoms with Crippen molar-refractivity contribution >= 4 is 10.0 Å². The molecule has 1 aromatic heterocycles. The van der Waals surface area contributed by atoms with Crippen molar-refractivity contribution in [1.82, 2.24) is 14.9 Å². The van der Waals surface area contributed by atoms with Gasteiger partial charge in [-0.3, -0.25) is 5.10 Å². The molecule has 0 aromatic carbocycles. The largest absolute Gasteiger partial charge is 0.325 e. The summed E-state index contributed by atoms with van der Waals surface area (Å²) in [6, 6.07) is 0.00736. The summed E-state index contributed by atoms with van der Waals surface area (Å²) in [6.07, 6.45) is 3.82. The third kappa shape index (κ3) is 3.21. The molecule has 7 heteroatoms. The summed E-state index contributed by atoms with van der Waals surface area (Å²) in [7, 11) is -3.55. The number of nitrogens with zero attached hydrogens (tertiary/aromatic N) is 1. The van der Waals surface area contributed by atoms with E-state index in [-0.39, 0.29) is 17.5 Å². The molecular formula is C13H24N4O2S. The smallest absolute Gasteiger partial charge is 0.244 e. The summed E-state index contributed by atoms with van der Waals surface area (Å²) >= 11 is 0. The quantitative estimate of drug-likeness (QED) is 0.783. The van der Waals surface area contributed by atoms with Crippen LogP contribution in [0.4, 0.5) is 0 Å². The maximum atomic E-state index is 12.5. The molecule has 1 aliphatic carbocycles. The second-order valence-corrected chi connectivity index (χ2v) is 8.04. The number of hydrogen-bond donors (Lipinski definition) is 3. The van der Waals surface area contributed by atoms with Crippen LogP contribution in [0.1, 0.15) is 50.9 Å². The van der Waals surface area contributed by atoms with Crippen LogP contribution in [0.5, 0.6) is 0 Å². The molecule has 0 atom stereocenters. The zero-order valence-corrected chi connectivity index (χ0v) is 13.2. The van der Waals surface area contributed by atoms with E-state index in [4.69, 9.17) is 5.73 Å². The predicted octanol–water partition coefficient (Wildman–Crippen LogP) is 1.42. The lowest BCUT2D eigenvalue weighted by molar-refractivity contribution is 0.218. The number of hydrogen-bond acceptors (Lipinski definition) is 4. The molecule has 0 aliphatic heterocycles. The molecule has 1 saturated carbocycles. The Bertz CT molecular complexity index is 567. The molecule has 0 radical (unpaired) electrons. The summed E-state index contributed by atoms with van der Waals surface area (Å²) in [5.41, 5.74) is 6.80. The molecule has 0 saturated heterocycles. The molecule has 6 nitrogen and oxygen atoms in total. The van der Waals surface area contributed by atoms with Gasteiger partial charge in [-0.1, -0.05) is 13.8 Å². The lowest BCUT2D eigenvalue weighted by atomic mass is 9.76. The van der Waals surface area contributed by atoms with Crippen molar-refractivity contribution in [2.75, 3.05) is 0 Å². The van der Waals surface area contributed by atoms with Crippen LogP contribution in [0.2, 0.25) is 0 Å². The van der Waals surface area contributed by atoms with Gasteiger partial charge in [0.05, 0.1) is 11.4 Å². The molecule has 1 aromatic rings. The minimum Gasteiger partial charge on any atom is -0.325 e.